The first kappa shape index (κ1) is 14.3. The Kier molecular flexibility index (Phi) is 3.58. The summed E-state index contributed by atoms with van der Waals surface area (Å²) in [5.41, 5.74) is 1.11. The van der Waals surface area contributed by atoms with Crippen LogP contribution >= 0.6 is 0 Å². The molecule has 0 spiro atoms. The Morgan fingerprint density at radius 1 is 1.05 bits per heavy atom. The quantitative estimate of drug-likeness (QED) is 0.753. The lowest BCUT2D eigenvalue weighted by Crippen LogP contribution is -2.41. The molecule has 1 aromatic carbocycles. The van der Waals surface area contributed by atoms with Crippen LogP contribution in [0.5, 0.6) is 0 Å². The van der Waals surface area contributed by atoms with Crippen molar-refractivity contribution in [3.8, 4) is 0 Å². The van der Waals surface area contributed by atoms with Gasteiger partial charge in [-0.05, 0) is 57.8 Å². The highest BCUT2D eigenvalue weighted by molar-refractivity contribution is 6.68. The Labute approximate surface area is 114 Å². The van der Waals surface area contributed by atoms with Crippen molar-refractivity contribution >= 4 is 12.6 Å². The van der Waals surface area contributed by atoms with Gasteiger partial charge in [0.2, 0.25) is 0 Å². The summed E-state index contributed by atoms with van der Waals surface area (Å²) in [7, 11) is -0.416. The van der Waals surface area contributed by atoms with Gasteiger partial charge < -0.3 is 9.31 Å². The number of allylic oxidation sites excluding steroid dienone is 1. The summed E-state index contributed by atoms with van der Waals surface area (Å²) < 4.78 is 25.0. The van der Waals surface area contributed by atoms with Crippen LogP contribution in [-0.2, 0) is 9.31 Å². The molecular formula is C15H20BFO2. The van der Waals surface area contributed by atoms with Crippen LogP contribution in [0.3, 0.4) is 0 Å². The SMILES string of the molecule is C/C=C(/B1OC(C)(C)C(C)(C)O1)c1ccc(F)cc1. The fourth-order valence-electron chi connectivity index (χ4n) is 2.05. The average Bonchev–Trinajstić information content (AvgIpc) is 2.51. The summed E-state index contributed by atoms with van der Waals surface area (Å²) in [6.45, 7) is 10.0. The molecule has 19 heavy (non-hydrogen) atoms. The van der Waals surface area contributed by atoms with E-state index in [0.29, 0.717) is 0 Å². The van der Waals surface area contributed by atoms with E-state index in [1.807, 2.05) is 40.7 Å². The van der Waals surface area contributed by atoms with E-state index in [9.17, 15) is 4.39 Å². The van der Waals surface area contributed by atoms with Crippen molar-refractivity contribution < 1.29 is 13.7 Å². The standard InChI is InChI=1S/C15H20BFO2/c1-6-13(11-7-9-12(17)10-8-11)16-18-14(2,3)15(4,5)19-16/h6-10H,1-5H3/b13-6+. The molecule has 0 unspecified atom stereocenters. The Morgan fingerprint density at radius 2 is 1.53 bits per heavy atom. The molecule has 4 heteroatoms. The monoisotopic (exact) mass is 262 g/mol. The second-order valence-electron chi connectivity index (χ2n) is 5.84. The lowest BCUT2D eigenvalue weighted by Gasteiger charge is -2.32. The Bertz CT molecular complexity index is 475. The van der Waals surface area contributed by atoms with Crippen molar-refractivity contribution in [3.63, 3.8) is 0 Å². The van der Waals surface area contributed by atoms with Crippen molar-refractivity contribution in [2.24, 2.45) is 0 Å². The Hall–Kier alpha value is -1.13. The topological polar surface area (TPSA) is 18.5 Å². The van der Waals surface area contributed by atoms with Gasteiger partial charge >= 0.3 is 7.12 Å². The molecule has 1 aliphatic heterocycles. The van der Waals surface area contributed by atoms with Crippen LogP contribution in [0.25, 0.3) is 5.47 Å². The van der Waals surface area contributed by atoms with Gasteiger partial charge in [-0.25, -0.2) is 4.39 Å². The fraction of sp³-hybridized carbons (Fsp3) is 0.467. The van der Waals surface area contributed by atoms with Crippen LogP contribution in [0.4, 0.5) is 4.39 Å². The minimum atomic E-state index is -0.416. The predicted octanol–water partition coefficient (Wildman–Crippen LogP) is 3.86. The molecule has 0 atom stereocenters. The molecule has 1 aliphatic rings. The van der Waals surface area contributed by atoms with Crippen molar-refractivity contribution in [2.75, 3.05) is 0 Å². The first-order valence-corrected chi connectivity index (χ1v) is 6.54. The Morgan fingerprint density at radius 3 is 1.95 bits per heavy atom. The third-order valence-electron chi connectivity index (χ3n) is 4.00. The van der Waals surface area contributed by atoms with Crippen molar-refractivity contribution in [3.05, 3.63) is 41.7 Å². The first-order chi connectivity index (χ1) is 8.77. The van der Waals surface area contributed by atoms with E-state index in [-0.39, 0.29) is 17.0 Å². The summed E-state index contributed by atoms with van der Waals surface area (Å²) in [4.78, 5) is 0. The minimum Gasteiger partial charge on any atom is -0.399 e. The molecule has 0 bridgehead atoms. The highest BCUT2D eigenvalue weighted by Crippen LogP contribution is 2.40. The van der Waals surface area contributed by atoms with Crippen LogP contribution in [0.2, 0.25) is 0 Å². The molecule has 0 saturated carbocycles. The average molecular weight is 262 g/mol. The number of hydrogen-bond acceptors (Lipinski definition) is 2. The summed E-state index contributed by atoms with van der Waals surface area (Å²) >= 11 is 0. The second kappa shape index (κ2) is 4.76. The van der Waals surface area contributed by atoms with Crippen LogP contribution in [-0.4, -0.2) is 18.3 Å². The number of benzene rings is 1. The van der Waals surface area contributed by atoms with Gasteiger partial charge in [0.05, 0.1) is 11.2 Å². The summed E-state index contributed by atoms with van der Waals surface area (Å²) in [6.07, 6.45) is 1.95. The first-order valence-electron chi connectivity index (χ1n) is 6.54. The number of halogens is 1. The van der Waals surface area contributed by atoms with Gasteiger partial charge in [0.25, 0.3) is 0 Å². The molecule has 2 nitrogen and oxygen atoms in total. The maximum Gasteiger partial charge on any atom is 0.495 e. The molecule has 0 N–H and O–H groups in total. The zero-order valence-corrected chi connectivity index (χ0v) is 12.2. The molecule has 0 aromatic heterocycles. The zero-order chi connectivity index (χ0) is 14.3. The molecule has 1 saturated heterocycles. The van der Waals surface area contributed by atoms with Gasteiger partial charge in [-0.3, -0.25) is 0 Å². The second-order valence-corrected chi connectivity index (χ2v) is 5.84. The van der Waals surface area contributed by atoms with Gasteiger partial charge in [0.1, 0.15) is 5.82 Å². The molecule has 0 radical (unpaired) electrons. The lowest BCUT2D eigenvalue weighted by atomic mass is 9.74. The van der Waals surface area contributed by atoms with E-state index in [2.05, 4.69) is 0 Å². The lowest BCUT2D eigenvalue weighted by molar-refractivity contribution is 0.00578. The van der Waals surface area contributed by atoms with Crippen LogP contribution < -0.4 is 0 Å². The summed E-state index contributed by atoms with van der Waals surface area (Å²) in [5.74, 6) is -0.242. The van der Waals surface area contributed by atoms with Crippen LogP contribution in [0.1, 0.15) is 40.2 Å². The molecule has 2 rings (SSSR count). The minimum absolute atomic E-state index is 0.242. The van der Waals surface area contributed by atoms with Crippen LogP contribution in [0.15, 0.2) is 30.3 Å². The molecule has 1 fully saturated rings. The van der Waals surface area contributed by atoms with E-state index in [1.165, 1.54) is 12.1 Å². The van der Waals surface area contributed by atoms with Gasteiger partial charge in [-0.2, -0.15) is 0 Å². The largest absolute Gasteiger partial charge is 0.495 e. The normalized spacial score (nSPS) is 21.8. The van der Waals surface area contributed by atoms with E-state index >= 15 is 0 Å². The van der Waals surface area contributed by atoms with Crippen LogP contribution in [0, 0.1) is 5.82 Å². The molecule has 1 aromatic rings. The van der Waals surface area contributed by atoms with Gasteiger partial charge in [0.15, 0.2) is 0 Å². The predicted molar refractivity (Wildman–Crippen MR) is 76.1 cm³/mol. The summed E-state index contributed by atoms with van der Waals surface area (Å²) in [6, 6.07) is 6.39. The highest BCUT2D eigenvalue weighted by Gasteiger charge is 2.52. The molecular weight excluding hydrogens is 242 g/mol. The number of hydrogen-bond donors (Lipinski definition) is 0. The van der Waals surface area contributed by atoms with E-state index in [4.69, 9.17) is 9.31 Å². The fourth-order valence-corrected chi connectivity index (χ4v) is 2.05. The van der Waals surface area contributed by atoms with Crippen molar-refractivity contribution in [2.45, 2.75) is 45.8 Å². The van der Waals surface area contributed by atoms with Gasteiger partial charge in [-0.15, -0.1) is 0 Å². The Balaban J connectivity index is 2.29. The third-order valence-corrected chi connectivity index (χ3v) is 4.00. The maximum absolute atomic E-state index is 13.0. The highest BCUT2D eigenvalue weighted by atomic mass is 19.1. The number of rotatable bonds is 2. The van der Waals surface area contributed by atoms with Gasteiger partial charge in [-0.1, -0.05) is 18.2 Å². The maximum atomic E-state index is 13.0. The molecule has 102 valence electrons. The summed E-state index contributed by atoms with van der Waals surface area (Å²) in [5, 5.41) is 0. The third kappa shape index (κ3) is 2.60. The zero-order valence-electron chi connectivity index (χ0n) is 12.2. The van der Waals surface area contributed by atoms with Crippen molar-refractivity contribution in [1.29, 1.82) is 0 Å². The van der Waals surface area contributed by atoms with Gasteiger partial charge in [0, 0.05) is 0 Å². The van der Waals surface area contributed by atoms with E-state index in [0.717, 1.165) is 11.0 Å². The molecule has 0 aliphatic carbocycles. The molecule has 1 heterocycles. The van der Waals surface area contributed by atoms with Crippen molar-refractivity contribution in [1.82, 2.24) is 0 Å². The molecule has 0 amide bonds. The van der Waals surface area contributed by atoms with E-state index in [1.54, 1.807) is 12.1 Å². The smallest absolute Gasteiger partial charge is 0.399 e. The van der Waals surface area contributed by atoms with E-state index < -0.39 is 7.12 Å².